The van der Waals surface area contributed by atoms with E-state index in [0.717, 1.165) is 11.3 Å². The normalized spacial score (nSPS) is 11.9. The molecule has 0 fully saturated rings. The summed E-state index contributed by atoms with van der Waals surface area (Å²) in [5.74, 6) is -0.437. The van der Waals surface area contributed by atoms with E-state index in [1.54, 1.807) is 38.3 Å². The van der Waals surface area contributed by atoms with Crippen LogP contribution in [0.3, 0.4) is 0 Å². The number of furan rings is 1. The molecule has 1 aromatic carbocycles. The van der Waals surface area contributed by atoms with Crippen LogP contribution in [0.2, 0.25) is 0 Å². The smallest absolute Gasteiger partial charge is 0.329 e. The van der Waals surface area contributed by atoms with Gasteiger partial charge in [0, 0.05) is 0 Å². The number of methoxy groups -OCH3 is 1. The zero-order chi connectivity index (χ0) is 16.7. The minimum Gasteiger partial charge on any atom is -0.497 e. The summed E-state index contributed by atoms with van der Waals surface area (Å²) in [4.78, 5) is 23.4. The second kappa shape index (κ2) is 7.79. The maximum atomic E-state index is 11.8. The maximum Gasteiger partial charge on any atom is 0.329 e. The number of amides is 2. The van der Waals surface area contributed by atoms with Crippen LogP contribution in [0.1, 0.15) is 24.3 Å². The van der Waals surface area contributed by atoms with Gasteiger partial charge in [0.1, 0.15) is 11.5 Å². The third-order valence-electron chi connectivity index (χ3n) is 3.07. The van der Waals surface area contributed by atoms with Crippen molar-refractivity contribution < 1.29 is 18.7 Å². The van der Waals surface area contributed by atoms with Gasteiger partial charge in [-0.1, -0.05) is 12.1 Å². The van der Waals surface area contributed by atoms with E-state index in [4.69, 9.17) is 9.15 Å². The fourth-order valence-corrected chi connectivity index (χ4v) is 1.81. The highest BCUT2D eigenvalue weighted by atomic mass is 16.5. The third kappa shape index (κ3) is 4.70. The van der Waals surface area contributed by atoms with Crippen LogP contribution in [0.15, 0.2) is 52.2 Å². The molecule has 0 bridgehead atoms. The molecule has 1 aromatic heterocycles. The van der Waals surface area contributed by atoms with Gasteiger partial charge in [-0.15, -0.1) is 0 Å². The molecule has 2 amide bonds. The number of benzene rings is 1. The molecule has 0 saturated heterocycles. The quantitative estimate of drug-likeness (QED) is 0.498. The number of hydrogen-bond acceptors (Lipinski definition) is 5. The van der Waals surface area contributed by atoms with E-state index < -0.39 is 11.8 Å². The molecule has 120 valence electrons. The number of hydrazone groups is 1. The Balaban J connectivity index is 1.85. The standard InChI is InChI=1S/C16H17N3O4/c1-11(12-5-7-13(22-2)8-6-12)18-15(20)16(21)19-17-10-14-4-3-9-23-14/h3-11H,1-2H3,(H,18,20)(H,19,21)/b17-10-/t11-/m1/s1. The summed E-state index contributed by atoms with van der Waals surface area (Å²) in [5, 5.41) is 6.23. The van der Waals surface area contributed by atoms with Crippen LogP contribution in [0.4, 0.5) is 0 Å². The molecule has 1 heterocycles. The van der Waals surface area contributed by atoms with Crippen molar-refractivity contribution in [1.29, 1.82) is 0 Å². The lowest BCUT2D eigenvalue weighted by molar-refractivity contribution is -0.139. The van der Waals surface area contributed by atoms with Gasteiger partial charge in [-0.25, -0.2) is 5.43 Å². The Bertz CT molecular complexity index is 678. The van der Waals surface area contributed by atoms with Crippen LogP contribution in [0, 0.1) is 0 Å². The van der Waals surface area contributed by atoms with Crippen molar-refractivity contribution in [3.8, 4) is 5.75 Å². The molecule has 1 atom stereocenters. The predicted molar refractivity (Wildman–Crippen MR) is 84.0 cm³/mol. The number of ether oxygens (including phenoxy) is 1. The highest BCUT2D eigenvalue weighted by Gasteiger charge is 2.16. The first-order chi connectivity index (χ1) is 11.1. The van der Waals surface area contributed by atoms with E-state index in [-0.39, 0.29) is 6.04 Å². The molecule has 0 aliphatic heterocycles. The summed E-state index contributed by atoms with van der Waals surface area (Å²) >= 11 is 0. The van der Waals surface area contributed by atoms with Gasteiger partial charge in [-0.3, -0.25) is 9.59 Å². The van der Waals surface area contributed by atoms with Gasteiger partial charge in [0.15, 0.2) is 0 Å². The summed E-state index contributed by atoms with van der Waals surface area (Å²) < 4.78 is 10.1. The third-order valence-corrected chi connectivity index (χ3v) is 3.07. The Morgan fingerprint density at radius 3 is 2.57 bits per heavy atom. The number of carbonyl (C=O) groups excluding carboxylic acids is 2. The average Bonchev–Trinajstić information content (AvgIpc) is 3.08. The van der Waals surface area contributed by atoms with E-state index >= 15 is 0 Å². The van der Waals surface area contributed by atoms with E-state index in [1.165, 1.54) is 12.5 Å². The molecule has 23 heavy (non-hydrogen) atoms. The minimum absolute atomic E-state index is 0.326. The lowest BCUT2D eigenvalue weighted by Crippen LogP contribution is -2.39. The molecule has 0 saturated carbocycles. The predicted octanol–water partition coefficient (Wildman–Crippen LogP) is 1.62. The van der Waals surface area contributed by atoms with Gasteiger partial charge in [0.2, 0.25) is 0 Å². The van der Waals surface area contributed by atoms with Crippen molar-refractivity contribution in [1.82, 2.24) is 10.7 Å². The lowest BCUT2D eigenvalue weighted by atomic mass is 10.1. The molecule has 7 heteroatoms. The second-order valence-electron chi connectivity index (χ2n) is 4.68. The Hall–Kier alpha value is -3.09. The fourth-order valence-electron chi connectivity index (χ4n) is 1.81. The highest BCUT2D eigenvalue weighted by molar-refractivity contribution is 6.35. The first-order valence-corrected chi connectivity index (χ1v) is 6.91. The molecule has 2 N–H and O–H groups in total. The zero-order valence-corrected chi connectivity index (χ0v) is 12.8. The van der Waals surface area contributed by atoms with Crippen molar-refractivity contribution in [3.05, 3.63) is 54.0 Å². The van der Waals surface area contributed by atoms with Crippen LogP contribution >= 0.6 is 0 Å². The van der Waals surface area contributed by atoms with E-state index in [9.17, 15) is 9.59 Å². The summed E-state index contributed by atoms with van der Waals surface area (Å²) in [5.41, 5.74) is 2.99. The lowest BCUT2D eigenvalue weighted by Gasteiger charge is -2.13. The first-order valence-electron chi connectivity index (χ1n) is 6.91. The monoisotopic (exact) mass is 315 g/mol. The van der Waals surface area contributed by atoms with Crippen molar-refractivity contribution in [3.63, 3.8) is 0 Å². The summed E-state index contributed by atoms with van der Waals surface area (Å²) in [6, 6.07) is 10.2. The molecule has 2 rings (SSSR count). The topological polar surface area (TPSA) is 92.9 Å². The van der Waals surface area contributed by atoms with Crippen molar-refractivity contribution in [2.75, 3.05) is 7.11 Å². The summed E-state index contributed by atoms with van der Waals surface area (Å²) in [7, 11) is 1.58. The largest absolute Gasteiger partial charge is 0.497 e. The molecule has 2 aromatic rings. The van der Waals surface area contributed by atoms with Crippen LogP contribution in [-0.4, -0.2) is 25.1 Å². The number of hydrogen-bond donors (Lipinski definition) is 2. The zero-order valence-electron chi connectivity index (χ0n) is 12.8. The second-order valence-corrected chi connectivity index (χ2v) is 4.68. The van der Waals surface area contributed by atoms with E-state index in [2.05, 4.69) is 15.8 Å². The van der Waals surface area contributed by atoms with E-state index in [0.29, 0.717) is 5.76 Å². The highest BCUT2D eigenvalue weighted by Crippen LogP contribution is 2.16. The Kier molecular flexibility index (Phi) is 5.51. The number of nitrogens with zero attached hydrogens (tertiary/aromatic N) is 1. The molecule has 0 aliphatic carbocycles. The Labute approximate surface area is 133 Å². The van der Waals surface area contributed by atoms with Gasteiger partial charge in [-0.05, 0) is 36.8 Å². The minimum atomic E-state index is -0.854. The van der Waals surface area contributed by atoms with Gasteiger partial charge >= 0.3 is 11.8 Å². The molecular weight excluding hydrogens is 298 g/mol. The summed E-state index contributed by atoms with van der Waals surface area (Å²) in [6.07, 6.45) is 2.78. The van der Waals surface area contributed by atoms with Gasteiger partial charge in [0.25, 0.3) is 0 Å². The van der Waals surface area contributed by atoms with Crippen molar-refractivity contribution in [2.24, 2.45) is 5.10 Å². The van der Waals surface area contributed by atoms with Gasteiger partial charge in [-0.2, -0.15) is 5.10 Å². The first kappa shape index (κ1) is 16.3. The maximum absolute atomic E-state index is 11.8. The van der Waals surface area contributed by atoms with Gasteiger partial charge in [0.05, 0.1) is 25.6 Å². The van der Waals surface area contributed by atoms with Crippen LogP contribution < -0.4 is 15.5 Å². The van der Waals surface area contributed by atoms with Crippen molar-refractivity contribution in [2.45, 2.75) is 13.0 Å². The molecule has 0 unspecified atom stereocenters. The number of nitrogens with one attached hydrogen (secondary N) is 2. The molecule has 7 nitrogen and oxygen atoms in total. The van der Waals surface area contributed by atoms with Crippen LogP contribution in [0.5, 0.6) is 5.75 Å². The average molecular weight is 315 g/mol. The summed E-state index contributed by atoms with van der Waals surface area (Å²) in [6.45, 7) is 1.78. The Morgan fingerprint density at radius 1 is 1.22 bits per heavy atom. The SMILES string of the molecule is COc1ccc([C@@H](C)NC(=O)C(=O)N/N=C\c2ccco2)cc1. The number of carbonyl (C=O) groups is 2. The van der Waals surface area contributed by atoms with E-state index in [1.807, 2.05) is 12.1 Å². The van der Waals surface area contributed by atoms with Crippen molar-refractivity contribution >= 4 is 18.0 Å². The fraction of sp³-hybridized carbons (Fsp3) is 0.188. The molecule has 0 aliphatic rings. The Morgan fingerprint density at radius 2 is 1.96 bits per heavy atom. The molecule has 0 radical (unpaired) electrons. The molecular formula is C16H17N3O4. The number of rotatable bonds is 5. The molecule has 0 spiro atoms. The van der Waals surface area contributed by atoms with Crippen LogP contribution in [0.25, 0.3) is 0 Å². The van der Waals surface area contributed by atoms with Crippen LogP contribution in [-0.2, 0) is 9.59 Å². The van der Waals surface area contributed by atoms with Gasteiger partial charge < -0.3 is 14.5 Å².